The molecule has 2 aromatic heterocycles. The van der Waals surface area contributed by atoms with Gasteiger partial charge in [-0.3, -0.25) is 9.88 Å². The zero-order valence-electron chi connectivity index (χ0n) is 16.4. The van der Waals surface area contributed by atoms with E-state index in [1.54, 1.807) is 0 Å². The molecular formula is C21H30N4O2. The number of ether oxygens (including phenoxy) is 1. The third-order valence-corrected chi connectivity index (χ3v) is 6.32. The molecule has 146 valence electrons. The standard InChI is InChI=1S/C21H30N4O2/c1-21(2)17(12-20(21)23-14-16-3-5-22-6-4-16)11-18-13-19(27-24-18)15-25-7-9-26-10-8-25/h3-6,13,17,20,23H,7-12,14-15H2,1-2H3/t17-,20+/m1/s1. The van der Waals surface area contributed by atoms with Gasteiger partial charge in [0.2, 0.25) is 0 Å². The van der Waals surface area contributed by atoms with Gasteiger partial charge in [-0.2, -0.15) is 0 Å². The molecule has 2 fully saturated rings. The molecule has 0 aromatic carbocycles. The molecule has 2 atom stereocenters. The summed E-state index contributed by atoms with van der Waals surface area (Å²) in [5.41, 5.74) is 2.63. The number of aromatic nitrogens is 2. The van der Waals surface area contributed by atoms with E-state index in [2.05, 4.69) is 52.4 Å². The highest BCUT2D eigenvalue weighted by Crippen LogP contribution is 2.47. The van der Waals surface area contributed by atoms with Crippen LogP contribution >= 0.6 is 0 Å². The van der Waals surface area contributed by atoms with Gasteiger partial charge >= 0.3 is 0 Å². The molecular weight excluding hydrogens is 340 g/mol. The quantitative estimate of drug-likeness (QED) is 0.808. The highest BCUT2D eigenvalue weighted by Gasteiger charge is 2.47. The lowest BCUT2D eigenvalue weighted by Gasteiger charge is -2.52. The summed E-state index contributed by atoms with van der Waals surface area (Å²) in [5.74, 6) is 1.60. The molecule has 0 amide bonds. The summed E-state index contributed by atoms with van der Waals surface area (Å²) in [4.78, 5) is 6.44. The fourth-order valence-electron chi connectivity index (χ4n) is 4.21. The Bertz CT molecular complexity index is 725. The lowest BCUT2D eigenvalue weighted by molar-refractivity contribution is 0.0124. The Labute approximate surface area is 161 Å². The van der Waals surface area contributed by atoms with E-state index in [4.69, 9.17) is 9.26 Å². The minimum atomic E-state index is 0.260. The van der Waals surface area contributed by atoms with Gasteiger partial charge in [0.15, 0.2) is 5.76 Å². The number of hydrogen-bond acceptors (Lipinski definition) is 6. The van der Waals surface area contributed by atoms with Gasteiger partial charge in [-0.1, -0.05) is 19.0 Å². The smallest absolute Gasteiger partial charge is 0.150 e. The largest absolute Gasteiger partial charge is 0.379 e. The van der Waals surface area contributed by atoms with Crippen LogP contribution in [0.2, 0.25) is 0 Å². The van der Waals surface area contributed by atoms with E-state index in [1.165, 1.54) is 12.0 Å². The van der Waals surface area contributed by atoms with Gasteiger partial charge in [-0.15, -0.1) is 0 Å². The van der Waals surface area contributed by atoms with E-state index in [-0.39, 0.29) is 5.41 Å². The van der Waals surface area contributed by atoms with Crippen molar-refractivity contribution in [2.24, 2.45) is 11.3 Å². The summed E-state index contributed by atoms with van der Waals surface area (Å²) in [6.45, 7) is 10.0. The number of morpholine rings is 1. The molecule has 1 saturated carbocycles. The number of pyridine rings is 1. The zero-order valence-corrected chi connectivity index (χ0v) is 16.4. The molecule has 1 saturated heterocycles. The Morgan fingerprint density at radius 3 is 2.74 bits per heavy atom. The number of rotatable bonds is 7. The van der Waals surface area contributed by atoms with Crippen LogP contribution < -0.4 is 5.32 Å². The van der Waals surface area contributed by atoms with Crippen LogP contribution in [0.4, 0.5) is 0 Å². The Morgan fingerprint density at radius 2 is 2.00 bits per heavy atom. The van der Waals surface area contributed by atoms with Crippen LogP contribution in [0.3, 0.4) is 0 Å². The van der Waals surface area contributed by atoms with Crippen molar-refractivity contribution in [3.8, 4) is 0 Å². The van der Waals surface area contributed by atoms with Crippen molar-refractivity contribution >= 4 is 0 Å². The summed E-state index contributed by atoms with van der Waals surface area (Å²) in [6, 6.07) is 6.82. The van der Waals surface area contributed by atoms with Crippen LogP contribution in [-0.2, 0) is 24.2 Å². The van der Waals surface area contributed by atoms with Gasteiger partial charge in [0, 0.05) is 44.1 Å². The van der Waals surface area contributed by atoms with Crippen LogP contribution in [0.5, 0.6) is 0 Å². The van der Waals surface area contributed by atoms with Crippen LogP contribution in [-0.4, -0.2) is 47.4 Å². The first-order valence-corrected chi connectivity index (χ1v) is 9.98. The van der Waals surface area contributed by atoms with Crippen LogP contribution in [0.25, 0.3) is 0 Å². The Balaban J connectivity index is 1.26. The molecule has 0 spiro atoms. The van der Waals surface area contributed by atoms with Gasteiger partial charge in [0.1, 0.15) is 0 Å². The maximum atomic E-state index is 5.58. The van der Waals surface area contributed by atoms with Crippen molar-refractivity contribution in [1.29, 1.82) is 0 Å². The summed E-state index contributed by atoms with van der Waals surface area (Å²) in [6.07, 6.45) is 5.88. The zero-order chi connectivity index (χ0) is 18.7. The molecule has 4 rings (SSSR count). The Kier molecular flexibility index (Phi) is 5.57. The predicted molar refractivity (Wildman–Crippen MR) is 103 cm³/mol. The molecule has 2 aromatic rings. The van der Waals surface area contributed by atoms with E-state index in [1.807, 2.05) is 12.4 Å². The van der Waals surface area contributed by atoms with E-state index in [9.17, 15) is 0 Å². The van der Waals surface area contributed by atoms with Gasteiger partial charge in [0.25, 0.3) is 0 Å². The van der Waals surface area contributed by atoms with Gasteiger partial charge in [-0.05, 0) is 41.9 Å². The topological polar surface area (TPSA) is 63.4 Å². The molecule has 2 aliphatic rings. The first-order chi connectivity index (χ1) is 13.1. The maximum absolute atomic E-state index is 5.58. The predicted octanol–water partition coefficient (Wildman–Crippen LogP) is 2.65. The normalized spacial score (nSPS) is 25.3. The highest BCUT2D eigenvalue weighted by atomic mass is 16.5. The molecule has 27 heavy (non-hydrogen) atoms. The minimum absolute atomic E-state index is 0.260. The van der Waals surface area contributed by atoms with Crippen molar-refractivity contribution in [2.45, 2.75) is 45.8 Å². The molecule has 1 N–H and O–H groups in total. The molecule has 1 aliphatic heterocycles. The second-order valence-corrected chi connectivity index (χ2v) is 8.42. The van der Waals surface area contributed by atoms with Gasteiger partial charge in [-0.25, -0.2) is 0 Å². The SMILES string of the molecule is CC1(C)[C@H](Cc2cc(CN3CCOCC3)on2)C[C@@H]1NCc1ccncc1. The average molecular weight is 370 g/mol. The van der Waals surface area contributed by atoms with Crippen molar-refractivity contribution in [1.82, 2.24) is 20.4 Å². The van der Waals surface area contributed by atoms with Crippen LogP contribution in [0, 0.1) is 11.3 Å². The summed E-state index contributed by atoms with van der Waals surface area (Å²) in [7, 11) is 0. The second-order valence-electron chi connectivity index (χ2n) is 8.42. The van der Waals surface area contributed by atoms with Crippen LogP contribution in [0.15, 0.2) is 35.1 Å². The van der Waals surface area contributed by atoms with E-state index in [0.29, 0.717) is 12.0 Å². The Hall–Kier alpha value is -1.76. The molecule has 0 unspecified atom stereocenters. The lowest BCUT2D eigenvalue weighted by Crippen LogP contribution is -2.57. The summed E-state index contributed by atoms with van der Waals surface area (Å²) >= 11 is 0. The monoisotopic (exact) mass is 370 g/mol. The van der Waals surface area contributed by atoms with Crippen molar-refractivity contribution in [3.05, 3.63) is 47.6 Å². The van der Waals surface area contributed by atoms with Crippen molar-refractivity contribution in [3.63, 3.8) is 0 Å². The third-order valence-electron chi connectivity index (χ3n) is 6.32. The summed E-state index contributed by atoms with van der Waals surface area (Å²) < 4.78 is 11.0. The average Bonchev–Trinajstić information content (AvgIpc) is 3.13. The van der Waals surface area contributed by atoms with Crippen LogP contribution in [0.1, 0.15) is 37.3 Å². The highest BCUT2D eigenvalue weighted by molar-refractivity contribution is 5.13. The van der Waals surface area contributed by atoms with Gasteiger partial charge in [0.05, 0.1) is 25.5 Å². The lowest BCUT2D eigenvalue weighted by atomic mass is 9.57. The molecule has 3 heterocycles. The molecule has 0 radical (unpaired) electrons. The van der Waals surface area contributed by atoms with E-state index >= 15 is 0 Å². The fraction of sp³-hybridized carbons (Fsp3) is 0.619. The molecule has 6 heteroatoms. The van der Waals surface area contributed by atoms with Crippen molar-refractivity contribution in [2.75, 3.05) is 26.3 Å². The number of nitrogens with zero attached hydrogens (tertiary/aromatic N) is 3. The molecule has 0 bridgehead atoms. The number of nitrogens with one attached hydrogen (secondary N) is 1. The first-order valence-electron chi connectivity index (χ1n) is 9.98. The minimum Gasteiger partial charge on any atom is -0.379 e. The molecule has 6 nitrogen and oxygen atoms in total. The Morgan fingerprint density at radius 1 is 1.22 bits per heavy atom. The van der Waals surface area contributed by atoms with E-state index in [0.717, 1.165) is 57.3 Å². The maximum Gasteiger partial charge on any atom is 0.150 e. The van der Waals surface area contributed by atoms with E-state index < -0.39 is 0 Å². The summed E-state index contributed by atoms with van der Waals surface area (Å²) in [5, 5.41) is 8.04. The fourth-order valence-corrected chi connectivity index (χ4v) is 4.21. The van der Waals surface area contributed by atoms with Crippen molar-refractivity contribution < 1.29 is 9.26 Å². The third kappa shape index (κ3) is 4.39. The van der Waals surface area contributed by atoms with Gasteiger partial charge < -0.3 is 14.6 Å². The number of hydrogen-bond donors (Lipinski definition) is 1. The first kappa shape index (κ1) is 18.6. The molecule has 1 aliphatic carbocycles. The second kappa shape index (κ2) is 8.09.